The molecule has 0 fully saturated rings. The summed E-state index contributed by atoms with van der Waals surface area (Å²) in [6.45, 7) is 7.32. The van der Waals surface area contributed by atoms with Gasteiger partial charge in [0.2, 0.25) is 11.8 Å². The molecule has 1 aromatic heterocycles. The number of para-hydroxylation sites is 1. The number of nitrogens with zero attached hydrogens (tertiary/aromatic N) is 4. The fourth-order valence-electron chi connectivity index (χ4n) is 3.97. The normalized spacial score (nSPS) is 12.7. The van der Waals surface area contributed by atoms with Crippen molar-refractivity contribution in [3.05, 3.63) is 65.0 Å². The zero-order valence-electron chi connectivity index (χ0n) is 18.6. The number of carbonyl (C=O) groups is 2. The molecule has 0 bridgehead atoms. The van der Waals surface area contributed by atoms with Gasteiger partial charge in [-0.15, -0.1) is 10.2 Å². The number of fused-ring (bicyclic) bond motifs is 1. The number of thioether (sulfide) groups is 1. The Balaban J connectivity index is 1.38. The molecule has 0 saturated heterocycles. The quantitative estimate of drug-likeness (QED) is 0.556. The molecule has 1 N–H and O–H groups in total. The highest BCUT2D eigenvalue weighted by Gasteiger charge is 2.25. The van der Waals surface area contributed by atoms with Crippen LogP contribution in [0.25, 0.3) is 0 Å². The van der Waals surface area contributed by atoms with E-state index in [9.17, 15) is 9.59 Å². The van der Waals surface area contributed by atoms with E-state index in [0.717, 1.165) is 28.9 Å². The van der Waals surface area contributed by atoms with E-state index in [1.54, 1.807) is 0 Å². The van der Waals surface area contributed by atoms with Gasteiger partial charge in [-0.05, 0) is 50.5 Å². The van der Waals surface area contributed by atoms with E-state index >= 15 is 0 Å². The molecular weight excluding hydrogens is 422 g/mol. The van der Waals surface area contributed by atoms with E-state index in [1.807, 2.05) is 66.6 Å². The van der Waals surface area contributed by atoms with E-state index in [0.29, 0.717) is 24.1 Å². The number of carbonyl (C=O) groups excluding carboxylic acids is 2. The lowest BCUT2D eigenvalue weighted by Crippen LogP contribution is -2.30. The number of aromatic nitrogens is 3. The topological polar surface area (TPSA) is 80.1 Å². The highest BCUT2D eigenvalue weighted by Crippen LogP contribution is 2.29. The minimum Gasteiger partial charge on any atom is -0.325 e. The van der Waals surface area contributed by atoms with Crippen molar-refractivity contribution in [2.45, 2.75) is 45.3 Å². The summed E-state index contributed by atoms with van der Waals surface area (Å²) in [5, 5.41) is 12.1. The van der Waals surface area contributed by atoms with Crippen LogP contribution in [0.5, 0.6) is 0 Å². The number of rotatable bonds is 7. The van der Waals surface area contributed by atoms with Crippen molar-refractivity contribution >= 4 is 35.0 Å². The van der Waals surface area contributed by atoms with Gasteiger partial charge in [-0.25, -0.2) is 0 Å². The third-order valence-electron chi connectivity index (χ3n) is 5.60. The van der Waals surface area contributed by atoms with Gasteiger partial charge in [-0.2, -0.15) is 0 Å². The Morgan fingerprint density at radius 2 is 1.94 bits per heavy atom. The molecule has 0 spiro atoms. The van der Waals surface area contributed by atoms with Crippen LogP contribution in [0, 0.1) is 13.8 Å². The molecule has 0 saturated carbocycles. The summed E-state index contributed by atoms with van der Waals surface area (Å²) in [6, 6.07) is 13.9. The summed E-state index contributed by atoms with van der Waals surface area (Å²) in [4.78, 5) is 27.2. The minimum atomic E-state index is -0.139. The van der Waals surface area contributed by atoms with Crippen molar-refractivity contribution in [1.29, 1.82) is 0 Å². The highest BCUT2D eigenvalue weighted by atomic mass is 32.2. The van der Waals surface area contributed by atoms with Crippen LogP contribution in [0.2, 0.25) is 0 Å². The standard InChI is InChI=1S/C24H27N5O2S/c1-4-28-21(14-22(30)25-19-10-9-16(2)13-17(19)3)26-27-24(28)32-15-23(31)29-12-11-18-7-5-6-8-20(18)29/h5-10,13H,4,11-12,14-15H2,1-3H3,(H,25,30). The predicted octanol–water partition coefficient (Wildman–Crippen LogP) is 3.78. The van der Waals surface area contributed by atoms with Crippen LogP contribution >= 0.6 is 11.8 Å². The molecule has 2 amide bonds. The summed E-state index contributed by atoms with van der Waals surface area (Å²) < 4.78 is 1.90. The van der Waals surface area contributed by atoms with Crippen molar-refractivity contribution in [1.82, 2.24) is 14.8 Å². The summed E-state index contributed by atoms with van der Waals surface area (Å²) in [5.41, 5.74) is 5.18. The van der Waals surface area contributed by atoms with Gasteiger partial charge in [-0.1, -0.05) is 47.7 Å². The zero-order chi connectivity index (χ0) is 22.7. The van der Waals surface area contributed by atoms with E-state index < -0.39 is 0 Å². The Bertz CT molecular complexity index is 1160. The molecule has 4 rings (SSSR count). The number of anilines is 2. The average molecular weight is 450 g/mol. The summed E-state index contributed by atoms with van der Waals surface area (Å²) >= 11 is 1.36. The average Bonchev–Trinajstić information content (AvgIpc) is 3.37. The van der Waals surface area contributed by atoms with E-state index in [2.05, 4.69) is 21.6 Å². The summed E-state index contributed by atoms with van der Waals surface area (Å²) in [7, 11) is 0. The number of hydrogen-bond donors (Lipinski definition) is 1. The van der Waals surface area contributed by atoms with Gasteiger partial charge in [0.05, 0.1) is 12.2 Å². The highest BCUT2D eigenvalue weighted by molar-refractivity contribution is 7.99. The molecule has 2 heterocycles. The second kappa shape index (κ2) is 9.56. The van der Waals surface area contributed by atoms with Gasteiger partial charge >= 0.3 is 0 Å². The Labute approximate surface area is 192 Å². The first-order valence-electron chi connectivity index (χ1n) is 10.8. The first kappa shape index (κ1) is 22.1. The number of nitrogens with one attached hydrogen (secondary N) is 1. The second-order valence-corrected chi connectivity index (χ2v) is 8.84. The fraction of sp³-hybridized carbons (Fsp3) is 0.333. The Morgan fingerprint density at radius 1 is 1.12 bits per heavy atom. The molecule has 7 nitrogen and oxygen atoms in total. The Hall–Kier alpha value is -3.13. The maximum atomic E-state index is 12.8. The van der Waals surface area contributed by atoms with Crippen LogP contribution in [-0.2, 0) is 29.0 Å². The fourth-order valence-corrected chi connectivity index (χ4v) is 4.86. The number of hydrogen-bond acceptors (Lipinski definition) is 5. The van der Waals surface area contributed by atoms with Gasteiger partial charge < -0.3 is 14.8 Å². The zero-order valence-corrected chi connectivity index (χ0v) is 19.4. The molecule has 3 aromatic rings. The largest absolute Gasteiger partial charge is 0.325 e. The molecular formula is C24H27N5O2S. The molecule has 32 heavy (non-hydrogen) atoms. The third kappa shape index (κ3) is 4.70. The van der Waals surface area contributed by atoms with Crippen LogP contribution < -0.4 is 10.2 Å². The lowest BCUT2D eigenvalue weighted by atomic mass is 10.1. The first-order valence-corrected chi connectivity index (χ1v) is 11.7. The van der Waals surface area contributed by atoms with Crippen LogP contribution in [0.4, 0.5) is 11.4 Å². The SMILES string of the molecule is CCn1c(CC(=O)Nc2ccc(C)cc2C)nnc1SCC(=O)N1CCc2ccccc21. The smallest absolute Gasteiger partial charge is 0.237 e. The van der Waals surface area contributed by atoms with Crippen molar-refractivity contribution in [3.63, 3.8) is 0 Å². The van der Waals surface area contributed by atoms with E-state index in [1.165, 1.54) is 17.3 Å². The third-order valence-corrected chi connectivity index (χ3v) is 6.55. The van der Waals surface area contributed by atoms with Crippen molar-refractivity contribution in [2.24, 2.45) is 0 Å². The molecule has 0 radical (unpaired) electrons. The van der Waals surface area contributed by atoms with Crippen LogP contribution in [0.1, 0.15) is 29.4 Å². The first-order chi connectivity index (χ1) is 15.5. The second-order valence-electron chi connectivity index (χ2n) is 7.90. The van der Waals surface area contributed by atoms with Gasteiger partial charge in [0.25, 0.3) is 0 Å². The van der Waals surface area contributed by atoms with Gasteiger partial charge in [-0.3, -0.25) is 9.59 Å². The van der Waals surface area contributed by atoms with Crippen molar-refractivity contribution in [2.75, 3.05) is 22.5 Å². The number of aryl methyl sites for hydroxylation is 2. The summed E-state index contributed by atoms with van der Waals surface area (Å²) in [5.74, 6) is 0.789. The number of amides is 2. The Morgan fingerprint density at radius 3 is 2.72 bits per heavy atom. The Kier molecular flexibility index (Phi) is 6.60. The van der Waals surface area contributed by atoms with Gasteiger partial charge in [0.15, 0.2) is 5.16 Å². The van der Waals surface area contributed by atoms with E-state index in [4.69, 9.17) is 0 Å². The monoisotopic (exact) mass is 449 g/mol. The molecule has 0 atom stereocenters. The van der Waals surface area contributed by atoms with Crippen molar-refractivity contribution in [3.8, 4) is 0 Å². The molecule has 166 valence electrons. The van der Waals surface area contributed by atoms with Gasteiger partial charge in [0.1, 0.15) is 5.82 Å². The summed E-state index contributed by atoms with van der Waals surface area (Å²) in [6.07, 6.45) is 1.01. The van der Waals surface area contributed by atoms with Crippen LogP contribution in [-0.4, -0.2) is 38.9 Å². The van der Waals surface area contributed by atoms with Gasteiger partial charge in [0, 0.05) is 24.5 Å². The predicted molar refractivity (Wildman–Crippen MR) is 127 cm³/mol. The maximum absolute atomic E-state index is 12.8. The molecule has 1 aliphatic heterocycles. The lowest BCUT2D eigenvalue weighted by Gasteiger charge is -2.17. The molecule has 2 aromatic carbocycles. The molecule has 0 aliphatic carbocycles. The van der Waals surface area contributed by atoms with Crippen LogP contribution in [0.15, 0.2) is 47.6 Å². The molecule has 0 unspecified atom stereocenters. The number of benzene rings is 2. The lowest BCUT2D eigenvalue weighted by molar-refractivity contribution is -0.116. The van der Waals surface area contributed by atoms with Crippen molar-refractivity contribution < 1.29 is 9.59 Å². The molecule has 8 heteroatoms. The van der Waals surface area contributed by atoms with E-state index in [-0.39, 0.29) is 24.0 Å². The maximum Gasteiger partial charge on any atom is 0.237 e. The molecule has 1 aliphatic rings. The van der Waals surface area contributed by atoms with Crippen LogP contribution in [0.3, 0.4) is 0 Å². The minimum absolute atomic E-state index is 0.0553.